The fourth-order valence-corrected chi connectivity index (χ4v) is 2.27. The van der Waals surface area contributed by atoms with Gasteiger partial charge < -0.3 is 10.4 Å². The van der Waals surface area contributed by atoms with Crippen molar-refractivity contribution < 1.29 is 23.1 Å². The molecule has 6 nitrogen and oxygen atoms in total. The highest BCUT2D eigenvalue weighted by Crippen LogP contribution is 2.16. The standard InChI is InChI=1S/C13H17NO5S/c1-9(2)20(18,19)8-12(15)14-11-6-4-3-5-10(11)7-13(16)17/h3-6,9H,7-8H2,1-2H3,(H,14,15)(H,16,17). The van der Waals surface area contributed by atoms with Crippen molar-refractivity contribution in [2.75, 3.05) is 11.1 Å². The molecule has 1 aromatic rings. The number of hydrogen-bond acceptors (Lipinski definition) is 4. The van der Waals surface area contributed by atoms with Crippen molar-refractivity contribution in [3.8, 4) is 0 Å². The molecule has 20 heavy (non-hydrogen) atoms. The Bertz CT molecular complexity index is 607. The van der Waals surface area contributed by atoms with E-state index in [9.17, 15) is 18.0 Å². The van der Waals surface area contributed by atoms with Gasteiger partial charge in [0, 0.05) is 5.69 Å². The van der Waals surface area contributed by atoms with Crippen LogP contribution in [0.15, 0.2) is 24.3 Å². The van der Waals surface area contributed by atoms with E-state index in [2.05, 4.69) is 5.32 Å². The number of aliphatic carboxylic acids is 1. The van der Waals surface area contributed by atoms with Crippen LogP contribution in [0.5, 0.6) is 0 Å². The summed E-state index contributed by atoms with van der Waals surface area (Å²) < 4.78 is 23.3. The number of carboxylic acids is 1. The molecule has 0 aliphatic rings. The molecule has 0 heterocycles. The number of carbonyl (C=O) groups excluding carboxylic acids is 1. The lowest BCUT2D eigenvalue weighted by Gasteiger charge is -2.11. The maximum absolute atomic E-state index is 11.7. The number of sulfone groups is 1. The molecule has 0 spiro atoms. The molecule has 0 bridgehead atoms. The lowest BCUT2D eigenvalue weighted by atomic mass is 10.1. The van der Waals surface area contributed by atoms with E-state index in [0.717, 1.165) is 0 Å². The third kappa shape index (κ3) is 4.65. The first kappa shape index (κ1) is 16.2. The largest absolute Gasteiger partial charge is 0.481 e. The first-order valence-corrected chi connectivity index (χ1v) is 7.75. The molecule has 2 N–H and O–H groups in total. The Balaban J connectivity index is 2.84. The van der Waals surface area contributed by atoms with Gasteiger partial charge in [-0.05, 0) is 25.5 Å². The number of anilines is 1. The first-order valence-electron chi connectivity index (χ1n) is 6.03. The van der Waals surface area contributed by atoms with Crippen molar-refractivity contribution in [2.24, 2.45) is 0 Å². The van der Waals surface area contributed by atoms with Gasteiger partial charge in [0.15, 0.2) is 9.84 Å². The van der Waals surface area contributed by atoms with Crippen LogP contribution in [0.25, 0.3) is 0 Å². The van der Waals surface area contributed by atoms with E-state index in [4.69, 9.17) is 5.11 Å². The molecule has 1 rings (SSSR count). The van der Waals surface area contributed by atoms with Crippen LogP contribution in [0, 0.1) is 0 Å². The predicted octanol–water partition coefficient (Wildman–Crippen LogP) is 1.08. The molecular weight excluding hydrogens is 282 g/mol. The zero-order chi connectivity index (χ0) is 15.3. The maximum Gasteiger partial charge on any atom is 0.307 e. The van der Waals surface area contributed by atoms with Crippen LogP contribution in [0.2, 0.25) is 0 Å². The normalized spacial score (nSPS) is 11.3. The van der Waals surface area contributed by atoms with Gasteiger partial charge in [-0.1, -0.05) is 18.2 Å². The molecule has 1 amide bonds. The maximum atomic E-state index is 11.7. The van der Waals surface area contributed by atoms with Crippen LogP contribution in [0.3, 0.4) is 0 Å². The average Bonchev–Trinajstić information content (AvgIpc) is 2.30. The first-order chi connectivity index (χ1) is 9.22. The van der Waals surface area contributed by atoms with Gasteiger partial charge in [0.05, 0.1) is 11.7 Å². The number of carboxylic acid groups (broad SMARTS) is 1. The van der Waals surface area contributed by atoms with Gasteiger partial charge in [-0.2, -0.15) is 0 Å². The molecule has 0 saturated heterocycles. The van der Waals surface area contributed by atoms with E-state index in [1.54, 1.807) is 18.2 Å². The summed E-state index contributed by atoms with van der Waals surface area (Å²) in [5.41, 5.74) is 0.745. The number of amides is 1. The number of hydrogen-bond donors (Lipinski definition) is 2. The van der Waals surface area contributed by atoms with E-state index in [0.29, 0.717) is 11.3 Å². The molecule has 1 aromatic carbocycles. The van der Waals surface area contributed by atoms with E-state index >= 15 is 0 Å². The van der Waals surface area contributed by atoms with E-state index < -0.39 is 32.7 Å². The second-order valence-corrected chi connectivity index (χ2v) is 7.19. The van der Waals surface area contributed by atoms with Crippen molar-refractivity contribution >= 4 is 27.4 Å². The molecule has 0 aliphatic carbocycles. The fraction of sp³-hybridized carbons (Fsp3) is 0.385. The van der Waals surface area contributed by atoms with E-state index in [-0.39, 0.29) is 6.42 Å². The number of benzene rings is 1. The fourth-order valence-electron chi connectivity index (χ4n) is 1.50. The van der Waals surface area contributed by atoms with Gasteiger partial charge in [0.25, 0.3) is 0 Å². The molecule has 7 heteroatoms. The summed E-state index contributed by atoms with van der Waals surface area (Å²) in [6.45, 7) is 3.00. The second kappa shape index (κ2) is 6.51. The van der Waals surface area contributed by atoms with Crippen LogP contribution < -0.4 is 5.32 Å². The third-order valence-electron chi connectivity index (χ3n) is 2.68. The smallest absolute Gasteiger partial charge is 0.307 e. The molecule has 0 aromatic heterocycles. The molecule has 110 valence electrons. The Kier molecular flexibility index (Phi) is 5.26. The van der Waals surface area contributed by atoms with Gasteiger partial charge >= 0.3 is 5.97 Å². The average molecular weight is 299 g/mol. The van der Waals surface area contributed by atoms with Crippen LogP contribution in [0.4, 0.5) is 5.69 Å². The monoisotopic (exact) mass is 299 g/mol. The van der Waals surface area contributed by atoms with Crippen molar-refractivity contribution in [2.45, 2.75) is 25.5 Å². The Hall–Kier alpha value is -1.89. The molecule has 0 atom stereocenters. The summed E-state index contributed by atoms with van der Waals surface area (Å²) in [4.78, 5) is 22.4. The highest BCUT2D eigenvalue weighted by atomic mass is 32.2. The minimum atomic E-state index is -3.48. The zero-order valence-corrected chi connectivity index (χ0v) is 12.1. The Morgan fingerprint density at radius 3 is 2.40 bits per heavy atom. The van der Waals surface area contributed by atoms with E-state index in [1.807, 2.05) is 0 Å². The van der Waals surface area contributed by atoms with Gasteiger partial charge in [-0.25, -0.2) is 8.42 Å². The number of para-hydroxylation sites is 1. The zero-order valence-electron chi connectivity index (χ0n) is 11.3. The summed E-state index contributed by atoms with van der Waals surface area (Å²) in [6, 6.07) is 6.40. The molecule has 0 unspecified atom stereocenters. The van der Waals surface area contributed by atoms with Crippen LogP contribution in [-0.2, 0) is 25.8 Å². The van der Waals surface area contributed by atoms with Crippen molar-refractivity contribution in [3.63, 3.8) is 0 Å². The van der Waals surface area contributed by atoms with E-state index in [1.165, 1.54) is 19.9 Å². The van der Waals surface area contributed by atoms with Crippen LogP contribution in [-0.4, -0.2) is 36.4 Å². The van der Waals surface area contributed by atoms with Crippen molar-refractivity contribution in [3.05, 3.63) is 29.8 Å². The summed E-state index contributed by atoms with van der Waals surface area (Å²) in [7, 11) is -3.48. The van der Waals surface area contributed by atoms with Gasteiger partial charge in [0.2, 0.25) is 5.91 Å². The second-order valence-electron chi connectivity index (χ2n) is 4.63. The number of nitrogens with one attached hydrogen (secondary N) is 1. The lowest BCUT2D eigenvalue weighted by molar-refractivity contribution is -0.136. The number of rotatable bonds is 6. The van der Waals surface area contributed by atoms with Crippen molar-refractivity contribution in [1.29, 1.82) is 0 Å². The van der Waals surface area contributed by atoms with Gasteiger partial charge in [-0.3, -0.25) is 9.59 Å². The number of carbonyl (C=O) groups is 2. The molecule has 0 aliphatic heterocycles. The minimum Gasteiger partial charge on any atom is -0.481 e. The van der Waals surface area contributed by atoms with Crippen LogP contribution in [0.1, 0.15) is 19.4 Å². The molecular formula is C13H17NO5S. The van der Waals surface area contributed by atoms with Gasteiger partial charge in [-0.15, -0.1) is 0 Å². The minimum absolute atomic E-state index is 0.243. The topological polar surface area (TPSA) is 101 Å². The Morgan fingerprint density at radius 2 is 1.85 bits per heavy atom. The summed E-state index contributed by atoms with van der Waals surface area (Å²) in [5.74, 6) is -2.32. The van der Waals surface area contributed by atoms with Crippen molar-refractivity contribution in [1.82, 2.24) is 0 Å². The Morgan fingerprint density at radius 1 is 1.25 bits per heavy atom. The summed E-state index contributed by atoms with van der Waals surface area (Å²) in [6.07, 6.45) is -0.243. The van der Waals surface area contributed by atoms with Gasteiger partial charge in [0.1, 0.15) is 5.75 Å². The highest BCUT2D eigenvalue weighted by Gasteiger charge is 2.21. The molecule has 0 fully saturated rings. The lowest BCUT2D eigenvalue weighted by Crippen LogP contribution is -2.28. The summed E-state index contributed by atoms with van der Waals surface area (Å²) in [5, 5.41) is 10.6. The highest BCUT2D eigenvalue weighted by molar-refractivity contribution is 7.92. The molecule has 0 saturated carbocycles. The SMILES string of the molecule is CC(C)S(=O)(=O)CC(=O)Nc1ccccc1CC(=O)O. The summed E-state index contributed by atoms with van der Waals surface area (Å²) >= 11 is 0. The molecule has 0 radical (unpaired) electrons. The third-order valence-corrected chi connectivity index (χ3v) is 4.78. The van der Waals surface area contributed by atoms with Crippen LogP contribution >= 0.6 is 0 Å². The predicted molar refractivity (Wildman–Crippen MR) is 75.3 cm³/mol. The Labute approximate surface area is 117 Å². The quantitative estimate of drug-likeness (QED) is 0.818.